The Morgan fingerprint density at radius 1 is 1.45 bits per heavy atom. The third-order valence-corrected chi connectivity index (χ3v) is 3.73. The smallest absolute Gasteiger partial charge is 0.237 e. The summed E-state index contributed by atoms with van der Waals surface area (Å²) in [6, 6.07) is 9.45. The largest absolute Gasteiger partial charge is 0.376 e. The molecule has 20 heavy (non-hydrogen) atoms. The normalized spacial score (nSPS) is 21.4. The van der Waals surface area contributed by atoms with Crippen molar-refractivity contribution in [3.63, 3.8) is 0 Å². The Balaban J connectivity index is 2.09. The Hall–Kier alpha value is -1.39. The molecule has 0 spiro atoms. The van der Waals surface area contributed by atoms with E-state index >= 15 is 0 Å². The van der Waals surface area contributed by atoms with Crippen molar-refractivity contribution in [1.29, 1.82) is 0 Å². The summed E-state index contributed by atoms with van der Waals surface area (Å²) in [5.41, 5.74) is 6.98. The number of nitrogens with two attached hydrogens (primary N) is 1. The average molecular weight is 276 g/mol. The number of ether oxygens (including phenoxy) is 1. The van der Waals surface area contributed by atoms with Gasteiger partial charge in [0, 0.05) is 6.61 Å². The molecule has 3 N–H and O–H groups in total. The van der Waals surface area contributed by atoms with Gasteiger partial charge in [-0.15, -0.1) is 0 Å². The van der Waals surface area contributed by atoms with Crippen LogP contribution in [0.25, 0.3) is 0 Å². The van der Waals surface area contributed by atoms with Crippen molar-refractivity contribution in [3.05, 3.63) is 35.9 Å². The Morgan fingerprint density at radius 3 is 2.80 bits per heavy atom. The maximum Gasteiger partial charge on any atom is 0.237 e. The molecule has 0 aromatic heterocycles. The molecule has 0 saturated carbocycles. The summed E-state index contributed by atoms with van der Waals surface area (Å²) in [7, 11) is 0. The van der Waals surface area contributed by atoms with Crippen molar-refractivity contribution in [2.24, 2.45) is 5.73 Å². The van der Waals surface area contributed by atoms with Gasteiger partial charge >= 0.3 is 0 Å². The maximum atomic E-state index is 12.2. The summed E-state index contributed by atoms with van der Waals surface area (Å²) in [4.78, 5) is 12.2. The molecule has 1 aliphatic rings. The van der Waals surface area contributed by atoms with Gasteiger partial charge in [-0.2, -0.15) is 0 Å². The Kier molecular flexibility index (Phi) is 5.56. The lowest BCUT2D eigenvalue weighted by Crippen LogP contribution is -2.45. The van der Waals surface area contributed by atoms with E-state index in [1.165, 1.54) is 0 Å². The van der Waals surface area contributed by atoms with E-state index < -0.39 is 6.04 Å². The summed E-state index contributed by atoms with van der Waals surface area (Å²) >= 11 is 0. The van der Waals surface area contributed by atoms with E-state index in [9.17, 15) is 4.79 Å². The monoisotopic (exact) mass is 276 g/mol. The van der Waals surface area contributed by atoms with Crippen LogP contribution >= 0.6 is 0 Å². The number of carbonyl (C=O) groups excluding carboxylic acids is 1. The maximum absolute atomic E-state index is 12.2. The Labute approximate surface area is 120 Å². The molecule has 1 amide bonds. The van der Waals surface area contributed by atoms with Crippen molar-refractivity contribution < 1.29 is 9.53 Å². The molecule has 1 fully saturated rings. The van der Waals surface area contributed by atoms with E-state index in [-0.39, 0.29) is 18.1 Å². The number of rotatable bonds is 6. The van der Waals surface area contributed by atoms with Crippen molar-refractivity contribution in [3.8, 4) is 0 Å². The lowest BCUT2D eigenvalue weighted by molar-refractivity contribution is -0.124. The summed E-state index contributed by atoms with van der Waals surface area (Å²) in [5.74, 6) is -0.0868. The predicted molar refractivity (Wildman–Crippen MR) is 79.2 cm³/mol. The molecule has 3 unspecified atom stereocenters. The Morgan fingerprint density at radius 2 is 2.20 bits per heavy atom. The molecule has 110 valence electrons. The minimum Gasteiger partial charge on any atom is -0.376 e. The lowest BCUT2D eigenvalue weighted by Gasteiger charge is -2.26. The van der Waals surface area contributed by atoms with Gasteiger partial charge in [0.25, 0.3) is 0 Å². The number of hydrogen-bond acceptors (Lipinski definition) is 3. The summed E-state index contributed by atoms with van der Waals surface area (Å²) < 4.78 is 5.75. The van der Waals surface area contributed by atoms with Gasteiger partial charge < -0.3 is 15.8 Å². The molecular weight excluding hydrogens is 252 g/mol. The highest BCUT2D eigenvalue weighted by atomic mass is 16.5. The summed E-state index contributed by atoms with van der Waals surface area (Å²) in [6.07, 6.45) is 3.69. The summed E-state index contributed by atoms with van der Waals surface area (Å²) in [5, 5.41) is 3.07. The first-order valence-electron chi connectivity index (χ1n) is 7.45. The van der Waals surface area contributed by atoms with Crippen LogP contribution in [0, 0.1) is 0 Å². The average Bonchev–Trinajstić information content (AvgIpc) is 2.99. The minimum atomic E-state index is -0.437. The molecule has 2 rings (SSSR count). The second kappa shape index (κ2) is 7.41. The molecule has 0 radical (unpaired) electrons. The zero-order valence-electron chi connectivity index (χ0n) is 12.0. The summed E-state index contributed by atoms with van der Waals surface area (Å²) in [6.45, 7) is 2.80. The van der Waals surface area contributed by atoms with E-state index in [1.54, 1.807) is 0 Å². The second-order valence-corrected chi connectivity index (χ2v) is 5.34. The topological polar surface area (TPSA) is 64.4 Å². The Bertz CT molecular complexity index is 416. The van der Waals surface area contributed by atoms with Crippen LogP contribution in [-0.2, 0) is 9.53 Å². The first-order valence-corrected chi connectivity index (χ1v) is 7.45. The van der Waals surface area contributed by atoms with E-state index in [4.69, 9.17) is 10.5 Å². The molecule has 1 aromatic rings. The van der Waals surface area contributed by atoms with E-state index in [1.807, 2.05) is 37.3 Å². The molecule has 1 heterocycles. The quantitative estimate of drug-likeness (QED) is 0.836. The van der Waals surface area contributed by atoms with Crippen LogP contribution in [0.15, 0.2) is 30.3 Å². The van der Waals surface area contributed by atoms with Crippen molar-refractivity contribution in [2.75, 3.05) is 6.61 Å². The highest BCUT2D eigenvalue weighted by Crippen LogP contribution is 2.27. The minimum absolute atomic E-state index is 0.0511. The second-order valence-electron chi connectivity index (χ2n) is 5.34. The molecule has 0 bridgehead atoms. The number of amides is 1. The number of hydrogen-bond donors (Lipinski definition) is 2. The highest BCUT2D eigenvalue weighted by Gasteiger charge is 2.29. The van der Waals surface area contributed by atoms with Gasteiger partial charge in [0.2, 0.25) is 5.91 Å². The molecule has 4 nitrogen and oxygen atoms in total. The van der Waals surface area contributed by atoms with Gasteiger partial charge in [-0.25, -0.2) is 0 Å². The van der Waals surface area contributed by atoms with E-state index in [0.717, 1.165) is 31.4 Å². The fraction of sp³-hybridized carbons (Fsp3) is 0.562. The van der Waals surface area contributed by atoms with Gasteiger partial charge in [0.15, 0.2) is 0 Å². The SMILES string of the molecule is CCCC(N)C(=O)NC(c1ccccc1)C1CCCO1. The van der Waals surface area contributed by atoms with Crippen molar-refractivity contribution >= 4 is 5.91 Å². The predicted octanol–water partition coefficient (Wildman–Crippen LogP) is 2.15. The van der Waals surface area contributed by atoms with Gasteiger partial charge in [-0.05, 0) is 24.8 Å². The molecule has 1 saturated heterocycles. The van der Waals surface area contributed by atoms with Crippen molar-refractivity contribution in [2.45, 2.75) is 50.8 Å². The number of carbonyl (C=O) groups is 1. The highest BCUT2D eigenvalue weighted by molar-refractivity contribution is 5.81. The first kappa shape index (κ1) is 15.0. The van der Waals surface area contributed by atoms with Crippen LogP contribution in [0.2, 0.25) is 0 Å². The third-order valence-electron chi connectivity index (χ3n) is 3.73. The lowest BCUT2D eigenvalue weighted by atomic mass is 9.98. The van der Waals surface area contributed by atoms with E-state index in [2.05, 4.69) is 5.32 Å². The van der Waals surface area contributed by atoms with Gasteiger partial charge in [0.1, 0.15) is 0 Å². The van der Waals surface area contributed by atoms with Gasteiger partial charge in [-0.1, -0.05) is 43.7 Å². The fourth-order valence-corrected chi connectivity index (χ4v) is 2.62. The van der Waals surface area contributed by atoms with Crippen LogP contribution < -0.4 is 11.1 Å². The van der Waals surface area contributed by atoms with Crippen LogP contribution in [0.3, 0.4) is 0 Å². The van der Waals surface area contributed by atoms with Crippen molar-refractivity contribution in [1.82, 2.24) is 5.32 Å². The van der Waals surface area contributed by atoms with Crippen LogP contribution in [-0.4, -0.2) is 24.7 Å². The molecule has 1 aliphatic heterocycles. The molecule has 3 atom stereocenters. The van der Waals surface area contributed by atoms with Crippen LogP contribution in [0.1, 0.15) is 44.2 Å². The van der Waals surface area contributed by atoms with E-state index in [0.29, 0.717) is 6.42 Å². The zero-order chi connectivity index (χ0) is 14.4. The number of nitrogens with one attached hydrogen (secondary N) is 1. The first-order chi connectivity index (χ1) is 9.72. The molecule has 4 heteroatoms. The zero-order valence-corrected chi connectivity index (χ0v) is 12.0. The van der Waals surface area contributed by atoms with Gasteiger partial charge in [0.05, 0.1) is 18.2 Å². The van der Waals surface area contributed by atoms with Crippen LogP contribution in [0.5, 0.6) is 0 Å². The molecular formula is C16H24N2O2. The molecule has 0 aliphatic carbocycles. The fourth-order valence-electron chi connectivity index (χ4n) is 2.62. The molecule has 1 aromatic carbocycles. The van der Waals surface area contributed by atoms with Gasteiger partial charge in [-0.3, -0.25) is 4.79 Å². The third kappa shape index (κ3) is 3.81. The standard InChI is InChI=1S/C16H24N2O2/c1-2-7-13(17)16(19)18-15(14-10-6-11-20-14)12-8-4-3-5-9-12/h3-5,8-9,13-15H,2,6-7,10-11,17H2,1H3,(H,18,19). The number of benzene rings is 1. The van der Waals surface area contributed by atoms with Crippen LogP contribution in [0.4, 0.5) is 0 Å².